The second kappa shape index (κ2) is 3.61. The Labute approximate surface area is 73.0 Å². The molecule has 0 aliphatic carbocycles. The van der Waals surface area contributed by atoms with Gasteiger partial charge >= 0.3 is 5.97 Å². The number of carbonyl (C=O) groups is 1. The molecule has 0 unspecified atom stereocenters. The van der Waals surface area contributed by atoms with E-state index in [2.05, 4.69) is 4.98 Å². The van der Waals surface area contributed by atoms with Crippen LogP contribution in [-0.2, 0) is 11.2 Å². The van der Waals surface area contributed by atoms with Crippen molar-refractivity contribution in [1.29, 1.82) is 0 Å². The Morgan fingerprint density at radius 3 is 2.69 bits per heavy atom. The van der Waals surface area contributed by atoms with Crippen molar-refractivity contribution >= 4 is 11.7 Å². The van der Waals surface area contributed by atoms with Gasteiger partial charge in [-0.2, -0.15) is 0 Å². The molecule has 0 aromatic carbocycles. The first kappa shape index (κ1) is 9.11. The van der Waals surface area contributed by atoms with Crippen LogP contribution < -0.4 is 0 Å². The minimum absolute atomic E-state index is 0.144. The third-order valence-corrected chi connectivity index (χ3v) is 1.35. The summed E-state index contributed by atoms with van der Waals surface area (Å²) in [7, 11) is 0. The number of aromatic nitrogens is 1. The lowest BCUT2D eigenvalue weighted by Crippen LogP contribution is -2.02. The van der Waals surface area contributed by atoms with Crippen LogP contribution >= 0.6 is 0 Å². The van der Waals surface area contributed by atoms with Gasteiger partial charge in [-0.3, -0.25) is 19.9 Å². The summed E-state index contributed by atoms with van der Waals surface area (Å²) in [4.78, 5) is 23.4. The Morgan fingerprint density at radius 2 is 2.31 bits per heavy atom. The predicted octanol–water partition coefficient (Wildman–Crippen LogP) is 0.617. The van der Waals surface area contributed by atoms with Crippen molar-refractivity contribution in [2.45, 2.75) is 6.42 Å². The molecule has 1 rings (SSSR count). The monoisotopic (exact) mass is 182 g/mol. The molecule has 0 saturated carbocycles. The fourth-order valence-electron chi connectivity index (χ4n) is 0.784. The van der Waals surface area contributed by atoms with Gasteiger partial charge in [-0.1, -0.05) is 0 Å². The van der Waals surface area contributed by atoms with Crippen molar-refractivity contribution in [2.75, 3.05) is 0 Å². The normalized spacial score (nSPS) is 9.54. The van der Waals surface area contributed by atoms with Crippen molar-refractivity contribution in [2.24, 2.45) is 0 Å². The lowest BCUT2D eigenvalue weighted by Gasteiger charge is -1.94. The molecule has 1 aromatic rings. The largest absolute Gasteiger partial charge is 0.481 e. The van der Waals surface area contributed by atoms with E-state index in [0.717, 1.165) is 6.20 Å². The Balaban J connectivity index is 2.81. The minimum atomic E-state index is -1.01. The number of carboxylic acid groups (broad SMARTS) is 1. The molecular formula is C7H6N2O4. The molecule has 1 N–H and O–H groups in total. The molecule has 68 valence electrons. The standard InChI is InChI=1S/C7H6N2O4/c10-7(11)3-5-1-2-6(4-8-5)9(12)13/h1-2,4H,3H2,(H,10,11). The molecule has 0 saturated heterocycles. The number of nitro groups is 1. The quantitative estimate of drug-likeness (QED) is 0.546. The molecule has 0 amide bonds. The molecule has 0 spiro atoms. The number of nitrogens with zero attached hydrogens (tertiary/aromatic N) is 2. The van der Waals surface area contributed by atoms with Crippen LogP contribution in [-0.4, -0.2) is 21.0 Å². The van der Waals surface area contributed by atoms with Crippen LogP contribution in [0.25, 0.3) is 0 Å². The van der Waals surface area contributed by atoms with Crippen LogP contribution in [0.3, 0.4) is 0 Å². The zero-order valence-electron chi connectivity index (χ0n) is 6.51. The summed E-state index contributed by atoms with van der Waals surface area (Å²) in [6.45, 7) is 0. The average molecular weight is 182 g/mol. The maximum absolute atomic E-state index is 10.2. The van der Waals surface area contributed by atoms with E-state index in [9.17, 15) is 14.9 Å². The predicted molar refractivity (Wildman–Crippen MR) is 42.2 cm³/mol. The fraction of sp³-hybridized carbons (Fsp3) is 0.143. The van der Waals surface area contributed by atoms with Crippen LogP contribution in [0.15, 0.2) is 18.3 Å². The van der Waals surface area contributed by atoms with Gasteiger partial charge in [0.1, 0.15) is 6.20 Å². The lowest BCUT2D eigenvalue weighted by atomic mass is 10.2. The zero-order chi connectivity index (χ0) is 9.84. The molecule has 0 atom stereocenters. The molecule has 6 heteroatoms. The molecule has 0 aliphatic rings. The van der Waals surface area contributed by atoms with Crippen LogP contribution in [0.1, 0.15) is 5.69 Å². The summed E-state index contributed by atoms with van der Waals surface area (Å²) in [5.41, 5.74) is 0.159. The Hall–Kier alpha value is -1.98. The highest BCUT2D eigenvalue weighted by atomic mass is 16.6. The van der Waals surface area contributed by atoms with Crippen LogP contribution in [0.5, 0.6) is 0 Å². The van der Waals surface area contributed by atoms with E-state index >= 15 is 0 Å². The van der Waals surface area contributed by atoms with Gasteiger partial charge in [0.25, 0.3) is 5.69 Å². The molecule has 1 heterocycles. The summed E-state index contributed by atoms with van der Waals surface area (Å²) in [5.74, 6) is -1.01. The Morgan fingerprint density at radius 1 is 1.62 bits per heavy atom. The van der Waals surface area contributed by atoms with Gasteiger partial charge in [0, 0.05) is 6.07 Å². The summed E-state index contributed by atoms with van der Waals surface area (Å²) in [5, 5.41) is 18.6. The number of pyridine rings is 1. The highest BCUT2D eigenvalue weighted by molar-refractivity contribution is 5.69. The molecule has 1 aromatic heterocycles. The fourth-order valence-corrected chi connectivity index (χ4v) is 0.784. The van der Waals surface area contributed by atoms with Crippen LogP contribution in [0.2, 0.25) is 0 Å². The minimum Gasteiger partial charge on any atom is -0.481 e. The Bertz CT molecular complexity index is 333. The number of hydrogen-bond donors (Lipinski definition) is 1. The van der Waals surface area contributed by atoms with E-state index in [-0.39, 0.29) is 12.1 Å². The van der Waals surface area contributed by atoms with Crippen LogP contribution in [0.4, 0.5) is 5.69 Å². The average Bonchev–Trinajstić information content (AvgIpc) is 2.04. The highest BCUT2D eigenvalue weighted by Gasteiger charge is 2.06. The van der Waals surface area contributed by atoms with E-state index in [1.807, 2.05) is 0 Å². The van der Waals surface area contributed by atoms with Crippen molar-refractivity contribution < 1.29 is 14.8 Å². The molecule has 0 fully saturated rings. The van der Waals surface area contributed by atoms with Gasteiger partial charge < -0.3 is 5.11 Å². The summed E-state index contributed by atoms with van der Waals surface area (Å²) < 4.78 is 0. The molecule has 0 aliphatic heterocycles. The van der Waals surface area contributed by atoms with E-state index in [4.69, 9.17) is 5.11 Å². The number of rotatable bonds is 3. The van der Waals surface area contributed by atoms with Gasteiger partial charge in [-0.15, -0.1) is 0 Å². The topological polar surface area (TPSA) is 93.3 Å². The third-order valence-electron chi connectivity index (χ3n) is 1.35. The molecular weight excluding hydrogens is 176 g/mol. The number of carboxylic acids is 1. The van der Waals surface area contributed by atoms with Gasteiger partial charge in [0.2, 0.25) is 0 Å². The number of hydrogen-bond acceptors (Lipinski definition) is 4. The second-order valence-corrected chi connectivity index (χ2v) is 2.34. The smallest absolute Gasteiger partial charge is 0.309 e. The van der Waals surface area contributed by atoms with Gasteiger partial charge in [-0.05, 0) is 6.07 Å². The summed E-state index contributed by atoms with van der Waals surface area (Å²) in [6.07, 6.45) is 0.816. The zero-order valence-corrected chi connectivity index (χ0v) is 6.51. The van der Waals surface area contributed by atoms with E-state index in [1.165, 1.54) is 12.1 Å². The SMILES string of the molecule is O=C(O)Cc1ccc([N+](=O)[O-])cn1. The van der Waals surface area contributed by atoms with Crippen molar-refractivity contribution in [3.8, 4) is 0 Å². The van der Waals surface area contributed by atoms with Crippen LogP contribution in [0, 0.1) is 10.1 Å². The highest BCUT2D eigenvalue weighted by Crippen LogP contribution is 2.08. The van der Waals surface area contributed by atoms with E-state index in [1.54, 1.807) is 0 Å². The molecule has 0 radical (unpaired) electrons. The summed E-state index contributed by atoms with van der Waals surface area (Å²) in [6, 6.07) is 2.55. The maximum atomic E-state index is 10.2. The van der Waals surface area contributed by atoms with E-state index in [0.29, 0.717) is 5.69 Å². The molecule has 6 nitrogen and oxygen atoms in total. The van der Waals surface area contributed by atoms with Crippen molar-refractivity contribution in [1.82, 2.24) is 4.98 Å². The second-order valence-electron chi connectivity index (χ2n) is 2.34. The van der Waals surface area contributed by atoms with Gasteiger partial charge in [0.15, 0.2) is 0 Å². The van der Waals surface area contributed by atoms with Gasteiger partial charge in [-0.25, -0.2) is 0 Å². The first-order chi connectivity index (χ1) is 6.09. The molecule has 0 bridgehead atoms. The Kier molecular flexibility index (Phi) is 2.53. The third kappa shape index (κ3) is 2.51. The van der Waals surface area contributed by atoms with E-state index < -0.39 is 10.9 Å². The van der Waals surface area contributed by atoms with Crippen molar-refractivity contribution in [3.63, 3.8) is 0 Å². The first-order valence-electron chi connectivity index (χ1n) is 3.40. The molecule has 13 heavy (non-hydrogen) atoms. The van der Waals surface area contributed by atoms with Crippen molar-refractivity contribution in [3.05, 3.63) is 34.1 Å². The first-order valence-corrected chi connectivity index (χ1v) is 3.40. The maximum Gasteiger partial charge on any atom is 0.309 e. The number of aliphatic carboxylic acids is 1. The summed E-state index contributed by atoms with van der Waals surface area (Å²) >= 11 is 0. The van der Waals surface area contributed by atoms with Gasteiger partial charge in [0.05, 0.1) is 17.0 Å². The lowest BCUT2D eigenvalue weighted by molar-refractivity contribution is -0.385.